The second kappa shape index (κ2) is 5.94. The molecule has 0 unspecified atom stereocenters. The summed E-state index contributed by atoms with van der Waals surface area (Å²) in [5.74, 6) is -6.27. The predicted octanol–water partition coefficient (Wildman–Crippen LogP) is 2.24. The van der Waals surface area contributed by atoms with Crippen molar-refractivity contribution in [3.05, 3.63) is 35.9 Å². The Morgan fingerprint density at radius 2 is 2.00 bits per heavy atom. The molecule has 1 atom stereocenters. The lowest BCUT2D eigenvalue weighted by Crippen LogP contribution is -2.44. The Labute approximate surface area is 149 Å². The van der Waals surface area contributed by atoms with Crippen LogP contribution in [-0.4, -0.2) is 39.6 Å². The van der Waals surface area contributed by atoms with Crippen LogP contribution in [0.15, 0.2) is 30.1 Å². The molecule has 0 aromatic carbocycles. The summed E-state index contributed by atoms with van der Waals surface area (Å²) in [6.45, 7) is 3.63. The molecule has 1 aliphatic heterocycles. The third-order valence-electron chi connectivity index (χ3n) is 5.01. The van der Waals surface area contributed by atoms with Gasteiger partial charge in [0.2, 0.25) is 5.82 Å². The van der Waals surface area contributed by atoms with Gasteiger partial charge < -0.3 is 4.90 Å². The molecule has 136 valence electrons. The van der Waals surface area contributed by atoms with Crippen molar-refractivity contribution < 1.29 is 18.4 Å². The summed E-state index contributed by atoms with van der Waals surface area (Å²) in [4.78, 5) is 32.8. The molecule has 1 aliphatic carbocycles. The maximum absolute atomic E-state index is 14.5. The van der Waals surface area contributed by atoms with Gasteiger partial charge in [0, 0.05) is 36.3 Å². The summed E-state index contributed by atoms with van der Waals surface area (Å²) >= 11 is 0. The van der Waals surface area contributed by atoms with Gasteiger partial charge in [-0.2, -0.15) is 14.0 Å². The van der Waals surface area contributed by atoms with E-state index in [1.54, 1.807) is 19.9 Å². The highest BCUT2D eigenvalue weighted by Crippen LogP contribution is 2.48. The second-order valence-electron chi connectivity index (χ2n) is 7.55. The second-order valence-corrected chi connectivity index (χ2v) is 7.55. The van der Waals surface area contributed by atoms with Crippen molar-refractivity contribution in [1.82, 2.24) is 14.9 Å². The molecule has 6 nitrogen and oxygen atoms in total. The molecular weight excluding hydrogens is 342 g/mol. The van der Waals surface area contributed by atoms with Gasteiger partial charge in [-0.05, 0) is 18.9 Å². The molecule has 0 bridgehead atoms. The van der Waals surface area contributed by atoms with Gasteiger partial charge in [-0.3, -0.25) is 9.59 Å². The van der Waals surface area contributed by atoms with Gasteiger partial charge in [0.25, 0.3) is 0 Å². The van der Waals surface area contributed by atoms with Crippen molar-refractivity contribution in [3.8, 4) is 6.07 Å². The molecule has 1 amide bonds. The fraction of sp³-hybridized carbons (Fsp3) is 0.500. The van der Waals surface area contributed by atoms with Gasteiger partial charge in [0.1, 0.15) is 6.07 Å². The smallest absolute Gasteiger partial charge is 0.336 e. The quantitative estimate of drug-likeness (QED) is 0.807. The minimum absolute atomic E-state index is 0.0358. The number of rotatable bonds is 2. The number of nitriles is 1. The van der Waals surface area contributed by atoms with Gasteiger partial charge in [-0.1, -0.05) is 19.9 Å². The van der Waals surface area contributed by atoms with Crippen LogP contribution in [0.2, 0.25) is 0 Å². The third kappa shape index (κ3) is 2.87. The van der Waals surface area contributed by atoms with E-state index in [9.17, 15) is 23.6 Å². The summed E-state index contributed by atoms with van der Waals surface area (Å²) in [7, 11) is 0. The Kier molecular flexibility index (Phi) is 4.14. The summed E-state index contributed by atoms with van der Waals surface area (Å²) in [5, 5.41) is 9.23. The Bertz CT molecular complexity index is 829. The van der Waals surface area contributed by atoms with Crippen LogP contribution in [0.25, 0.3) is 0 Å². The normalized spacial score (nSPS) is 25.1. The number of nitrogens with zero attached hydrogens (tertiary/aromatic N) is 4. The molecule has 0 saturated carbocycles. The van der Waals surface area contributed by atoms with E-state index in [-0.39, 0.29) is 24.4 Å². The van der Waals surface area contributed by atoms with E-state index in [0.29, 0.717) is 12.8 Å². The third-order valence-corrected chi connectivity index (χ3v) is 5.01. The first-order valence-corrected chi connectivity index (χ1v) is 8.24. The lowest BCUT2D eigenvalue weighted by Gasteiger charge is -2.38. The number of likely N-dealkylation sites (tertiary alicyclic amines) is 1. The highest BCUT2D eigenvalue weighted by atomic mass is 19.3. The molecule has 1 aromatic rings. The van der Waals surface area contributed by atoms with Gasteiger partial charge >= 0.3 is 11.8 Å². The molecule has 0 radical (unpaired) electrons. The molecule has 3 rings (SSSR count). The van der Waals surface area contributed by atoms with Crippen LogP contribution in [0, 0.1) is 22.2 Å². The van der Waals surface area contributed by atoms with Crippen LogP contribution in [-0.2, 0) is 15.5 Å². The van der Waals surface area contributed by atoms with Gasteiger partial charge in [0.05, 0.1) is 5.57 Å². The zero-order chi connectivity index (χ0) is 19.2. The fourth-order valence-corrected chi connectivity index (χ4v) is 3.92. The summed E-state index contributed by atoms with van der Waals surface area (Å²) in [6.07, 6.45) is 4.71. The predicted molar refractivity (Wildman–Crippen MR) is 86.7 cm³/mol. The number of carbonyl (C=O) groups excluding carboxylic acids is 2. The number of hydrogen-bond donors (Lipinski definition) is 0. The van der Waals surface area contributed by atoms with E-state index >= 15 is 0 Å². The average Bonchev–Trinajstić information content (AvgIpc) is 3.01. The standard InChI is InChI=1S/C18H18F2N4O2/c1-16(2)10-17(8-12(9-21)13(16)25)4-7-24(11-17)15(26)18(19,20)14-22-5-3-6-23-14/h3,5-6,8H,4,7,10-11H2,1-2H3/t17-/m0/s1. The highest BCUT2D eigenvalue weighted by Gasteiger charge is 2.53. The molecular formula is C18H18F2N4O2. The molecule has 1 saturated heterocycles. The largest absolute Gasteiger partial charge is 0.383 e. The van der Waals surface area contributed by atoms with Gasteiger partial charge in [-0.25, -0.2) is 9.97 Å². The number of aromatic nitrogens is 2. The van der Waals surface area contributed by atoms with Crippen molar-refractivity contribution in [2.75, 3.05) is 13.1 Å². The van der Waals surface area contributed by atoms with Gasteiger partial charge in [0.15, 0.2) is 5.78 Å². The summed E-state index contributed by atoms with van der Waals surface area (Å²) in [6, 6.07) is 3.29. The minimum Gasteiger partial charge on any atom is -0.336 e. The first-order valence-electron chi connectivity index (χ1n) is 8.24. The topological polar surface area (TPSA) is 87.0 Å². The van der Waals surface area contributed by atoms with Crippen molar-refractivity contribution in [1.29, 1.82) is 5.26 Å². The maximum Gasteiger partial charge on any atom is 0.383 e. The first kappa shape index (κ1) is 18.1. The van der Waals surface area contributed by atoms with Gasteiger partial charge in [-0.15, -0.1) is 0 Å². The van der Waals surface area contributed by atoms with Crippen molar-refractivity contribution in [2.45, 2.75) is 32.6 Å². The molecule has 2 aliphatic rings. The minimum atomic E-state index is -3.82. The van der Waals surface area contributed by atoms with E-state index < -0.39 is 28.5 Å². The van der Waals surface area contributed by atoms with Crippen LogP contribution < -0.4 is 0 Å². The number of amides is 1. The van der Waals surface area contributed by atoms with E-state index in [4.69, 9.17) is 0 Å². The Hall–Kier alpha value is -2.69. The van der Waals surface area contributed by atoms with Crippen molar-refractivity contribution in [2.24, 2.45) is 10.8 Å². The van der Waals surface area contributed by atoms with E-state index in [1.165, 1.54) is 6.07 Å². The number of hydrogen-bond acceptors (Lipinski definition) is 5. The van der Waals surface area contributed by atoms with E-state index in [2.05, 4.69) is 9.97 Å². The number of ketones is 1. The molecule has 1 aromatic heterocycles. The molecule has 0 N–H and O–H groups in total. The summed E-state index contributed by atoms with van der Waals surface area (Å²) in [5.41, 5.74) is -1.39. The van der Waals surface area contributed by atoms with Crippen LogP contribution in [0.1, 0.15) is 32.5 Å². The van der Waals surface area contributed by atoms with Crippen molar-refractivity contribution >= 4 is 11.7 Å². The SMILES string of the molecule is CC1(C)C[C@@]2(C=C(C#N)C1=O)CCN(C(=O)C(F)(F)c1ncccn1)C2. The lowest BCUT2D eigenvalue weighted by atomic mass is 9.64. The maximum atomic E-state index is 14.5. The number of halogens is 2. The molecule has 8 heteroatoms. The number of carbonyl (C=O) groups is 2. The summed E-state index contributed by atoms with van der Waals surface area (Å²) < 4.78 is 29.0. The Morgan fingerprint density at radius 3 is 2.62 bits per heavy atom. The molecule has 2 heterocycles. The zero-order valence-electron chi connectivity index (χ0n) is 14.5. The Balaban J connectivity index is 1.87. The van der Waals surface area contributed by atoms with Crippen LogP contribution in [0.5, 0.6) is 0 Å². The zero-order valence-corrected chi connectivity index (χ0v) is 14.5. The molecule has 1 fully saturated rings. The van der Waals surface area contributed by atoms with E-state index in [0.717, 1.165) is 17.3 Å². The van der Waals surface area contributed by atoms with Crippen LogP contribution >= 0.6 is 0 Å². The van der Waals surface area contributed by atoms with E-state index in [1.807, 2.05) is 6.07 Å². The molecule has 1 spiro atoms. The fourth-order valence-electron chi connectivity index (χ4n) is 3.92. The number of allylic oxidation sites excluding steroid dienone is 1. The highest BCUT2D eigenvalue weighted by molar-refractivity contribution is 6.03. The molecule has 26 heavy (non-hydrogen) atoms. The number of alkyl halides is 2. The lowest BCUT2D eigenvalue weighted by molar-refractivity contribution is -0.159. The first-order chi connectivity index (χ1) is 12.1. The van der Waals surface area contributed by atoms with Crippen LogP contribution in [0.4, 0.5) is 8.78 Å². The Morgan fingerprint density at radius 1 is 1.35 bits per heavy atom. The number of Topliss-reactive ketones (excluding diaryl/α,β-unsaturated/α-hetero) is 1. The van der Waals surface area contributed by atoms with Crippen molar-refractivity contribution in [3.63, 3.8) is 0 Å². The monoisotopic (exact) mass is 360 g/mol. The average molecular weight is 360 g/mol. The van der Waals surface area contributed by atoms with Crippen LogP contribution in [0.3, 0.4) is 0 Å².